The molecule has 0 aromatic carbocycles. The lowest BCUT2D eigenvalue weighted by atomic mass is 10.0. The summed E-state index contributed by atoms with van der Waals surface area (Å²) in [5, 5.41) is 9.97. The molecule has 1 amide bonds. The number of likely N-dealkylation sites (N-methyl/N-ethyl adjacent to an activating group) is 1. The topological polar surface area (TPSA) is 77.0 Å². The summed E-state index contributed by atoms with van der Waals surface area (Å²) in [7, 11) is 3.92. The molecule has 1 aliphatic heterocycles. The molecule has 1 saturated heterocycles. The zero-order valence-corrected chi connectivity index (χ0v) is 16.9. The fourth-order valence-electron chi connectivity index (χ4n) is 3.28. The van der Waals surface area contributed by atoms with Crippen LogP contribution in [0.3, 0.4) is 0 Å². The summed E-state index contributed by atoms with van der Waals surface area (Å²) in [6.45, 7) is 4.10. The molecule has 0 unspecified atom stereocenters. The molecule has 3 heterocycles. The van der Waals surface area contributed by atoms with Crippen LogP contribution in [0.5, 0.6) is 0 Å². The number of nitrogens with zero attached hydrogens (tertiary/aromatic N) is 4. The Morgan fingerprint density at radius 1 is 1.31 bits per heavy atom. The van der Waals surface area contributed by atoms with Gasteiger partial charge in [-0.1, -0.05) is 18.3 Å². The van der Waals surface area contributed by atoms with Crippen LogP contribution < -0.4 is 4.90 Å². The second kappa shape index (κ2) is 7.89. The van der Waals surface area contributed by atoms with Gasteiger partial charge in [-0.05, 0) is 25.5 Å². The third-order valence-electron chi connectivity index (χ3n) is 4.68. The number of amides is 1. The van der Waals surface area contributed by atoms with Crippen LogP contribution in [0.25, 0.3) is 9.53 Å². The molecule has 0 bridgehead atoms. The Hall–Kier alpha value is -1.71. The van der Waals surface area contributed by atoms with Crippen molar-refractivity contribution in [3.05, 3.63) is 10.9 Å². The lowest BCUT2D eigenvalue weighted by molar-refractivity contribution is -0.139. The third-order valence-corrected chi connectivity index (χ3v) is 7.00. The number of anilines is 1. The van der Waals surface area contributed by atoms with Crippen LogP contribution in [0.4, 0.5) is 5.13 Å². The van der Waals surface area contributed by atoms with E-state index in [0.717, 1.165) is 32.4 Å². The Morgan fingerprint density at radius 3 is 2.54 bits per heavy atom. The Kier molecular flexibility index (Phi) is 5.79. The van der Waals surface area contributed by atoms with Gasteiger partial charge in [0.05, 0.1) is 16.1 Å². The quantitative estimate of drug-likeness (QED) is 0.808. The Bertz CT molecular complexity index is 762. The van der Waals surface area contributed by atoms with E-state index < -0.39 is 5.97 Å². The fourth-order valence-corrected chi connectivity index (χ4v) is 5.38. The summed E-state index contributed by atoms with van der Waals surface area (Å²) >= 11 is 3.05. The summed E-state index contributed by atoms with van der Waals surface area (Å²) < 4.78 is 1.05. The molecule has 1 aliphatic rings. The number of hydrogen-bond donors (Lipinski definition) is 1. The Labute approximate surface area is 160 Å². The molecule has 0 atom stereocenters. The second-order valence-corrected chi connectivity index (χ2v) is 8.69. The van der Waals surface area contributed by atoms with Gasteiger partial charge in [0.2, 0.25) is 0 Å². The van der Waals surface area contributed by atoms with Crippen LogP contribution in [0.1, 0.15) is 29.4 Å². The molecule has 0 aliphatic carbocycles. The van der Waals surface area contributed by atoms with Gasteiger partial charge >= 0.3 is 5.97 Å². The third kappa shape index (κ3) is 3.99. The first kappa shape index (κ1) is 19.1. The minimum atomic E-state index is -0.798. The number of carboxylic acids is 1. The smallest absolute Gasteiger partial charge is 0.317 e. The number of fused-ring (bicyclic) bond motifs is 1. The van der Waals surface area contributed by atoms with E-state index in [1.165, 1.54) is 11.3 Å². The number of likely N-dealkylation sites (tertiary alicyclic amines) is 1. The summed E-state index contributed by atoms with van der Waals surface area (Å²) in [5.41, 5.74) is 0. The van der Waals surface area contributed by atoms with Gasteiger partial charge in [-0.3, -0.25) is 14.5 Å². The minimum absolute atomic E-state index is 0.0614. The van der Waals surface area contributed by atoms with Crippen molar-refractivity contribution >= 4 is 49.2 Å². The van der Waals surface area contributed by atoms with E-state index in [4.69, 9.17) is 5.11 Å². The predicted octanol–water partition coefficient (Wildman–Crippen LogP) is 2.43. The van der Waals surface area contributed by atoms with E-state index in [1.54, 1.807) is 11.3 Å². The first-order valence-electron chi connectivity index (χ1n) is 8.71. The SMILES string of the molecule is CCN(CC(=O)O)C1CCN(C(=O)c2cc3sc(N(C)C)nc3s2)CC1. The Balaban J connectivity index is 1.63. The number of aliphatic carboxylic acids is 1. The molecule has 2 aromatic heterocycles. The number of thiophene rings is 1. The molecule has 3 rings (SSSR count). The highest BCUT2D eigenvalue weighted by molar-refractivity contribution is 7.29. The van der Waals surface area contributed by atoms with E-state index in [0.29, 0.717) is 19.6 Å². The number of thiazole rings is 1. The second-order valence-electron chi connectivity index (χ2n) is 6.65. The molecule has 2 aromatic rings. The van der Waals surface area contributed by atoms with Crippen molar-refractivity contribution in [1.82, 2.24) is 14.8 Å². The average molecular weight is 397 g/mol. The molecule has 9 heteroatoms. The maximum Gasteiger partial charge on any atom is 0.317 e. The summed E-state index contributed by atoms with van der Waals surface area (Å²) in [6.07, 6.45) is 1.63. The lowest BCUT2D eigenvalue weighted by Crippen LogP contribution is -2.48. The van der Waals surface area contributed by atoms with E-state index in [9.17, 15) is 9.59 Å². The summed E-state index contributed by atoms with van der Waals surface area (Å²) in [4.78, 5) is 35.8. The lowest BCUT2D eigenvalue weighted by Gasteiger charge is -2.37. The van der Waals surface area contributed by atoms with Gasteiger partial charge in [0.15, 0.2) is 5.13 Å². The predicted molar refractivity (Wildman–Crippen MR) is 106 cm³/mol. The summed E-state index contributed by atoms with van der Waals surface area (Å²) in [5.74, 6) is -0.736. The molecule has 1 N–H and O–H groups in total. The van der Waals surface area contributed by atoms with Crippen LogP contribution in [0, 0.1) is 0 Å². The normalized spacial score (nSPS) is 15.8. The number of rotatable bonds is 6. The van der Waals surface area contributed by atoms with Crippen molar-refractivity contribution < 1.29 is 14.7 Å². The fraction of sp³-hybridized carbons (Fsp3) is 0.588. The molecule has 142 valence electrons. The van der Waals surface area contributed by atoms with Crippen LogP contribution in [-0.2, 0) is 4.79 Å². The molecular weight excluding hydrogens is 372 g/mol. The zero-order valence-electron chi connectivity index (χ0n) is 15.3. The van der Waals surface area contributed by atoms with E-state index in [2.05, 4.69) is 4.98 Å². The van der Waals surface area contributed by atoms with E-state index in [1.807, 2.05) is 41.8 Å². The van der Waals surface area contributed by atoms with Crippen molar-refractivity contribution in [2.75, 3.05) is 45.2 Å². The number of carboxylic acid groups (broad SMARTS) is 1. The van der Waals surface area contributed by atoms with Gasteiger partial charge in [-0.15, -0.1) is 11.3 Å². The zero-order chi connectivity index (χ0) is 18.8. The first-order valence-corrected chi connectivity index (χ1v) is 10.3. The highest BCUT2D eigenvalue weighted by atomic mass is 32.1. The molecule has 0 saturated carbocycles. The van der Waals surface area contributed by atoms with E-state index >= 15 is 0 Å². The van der Waals surface area contributed by atoms with Crippen LogP contribution >= 0.6 is 22.7 Å². The number of carbonyl (C=O) groups is 2. The van der Waals surface area contributed by atoms with Crippen molar-refractivity contribution in [3.8, 4) is 0 Å². The van der Waals surface area contributed by atoms with Crippen LogP contribution in [0.15, 0.2) is 6.07 Å². The van der Waals surface area contributed by atoms with Crippen molar-refractivity contribution in [2.24, 2.45) is 0 Å². The van der Waals surface area contributed by atoms with Crippen molar-refractivity contribution in [3.63, 3.8) is 0 Å². The minimum Gasteiger partial charge on any atom is -0.480 e. The van der Waals surface area contributed by atoms with Crippen molar-refractivity contribution in [1.29, 1.82) is 0 Å². The van der Waals surface area contributed by atoms with Gasteiger partial charge in [0.1, 0.15) is 4.83 Å². The number of carbonyl (C=O) groups excluding carboxylic acids is 1. The molecule has 0 spiro atoms. The van der Waals surface area contributed by atoms with Gasteiger partial charge in [-0.2, -0.15) is 0 Å². The summed E-state index contributed by atoms with van der Waals surface area (Å²) in [6, 6.07) is 2.18. The van der Waals surface area contributed by atoms with Gasteiger partial charge in [-0.25, -0.2) is 4.98 Å². The molecule has 7 nitrogen and oxygen atoms in total. The number of hydrogen-bond acceptors (Lipinski definition) is 7. The first-order chi connectivity index (χ1) is 12.4. The number of aromatic nitrogens is 1. The standard InChI is InChI=1S/C17H24N4O3S2/c1-4-20(10-14(22)23)11-5-7-21(8-6-11)16(24)13-9-12-15(25-13)18-17(26-12)19(2)3/h9,11H,4-8,10H2,1-3H3,(H,22,23). The monoisotopic (exact) mass is 396 g/mol. The largest absolute Gasteiger partial charge is 0.480 e. The molecule has 1 fully saturated rings. The average Bonchev–Trinajstić information content (AvgIpc) is 3.18. The van der Waals surface area contributed by atoms with Crippen LogP contribution in [-0.4, -0.2) is 78.1 Å². The maximum atomic E-state index is 12.8. The van der Waals surface area contributed by atoms with Gasteiger partial charge in [0.25, 0.3) is 5.91 Å². The number of piperidine rings is 1. The molecule has 0 radical (unpaired) electrons. The van der Waals surface area contributed by atoms with Crippen LogP contribution in [0.2, 0.25) is 0 Å². The van der Waals surface area contributed by atoms with E-state index in [-0.39, 0.29) is 18.5 Å². The molecule has 26 heavy (non-hydrogen) atoms. The van der Waals surface area contributed by atoms with Crippen molar-refractivity contribution in [2.45, 2.75) is 25.8 Å². The highest BCUT2D eigenvalue weighted by Gasteiger charge is 2.28. The van der Waals surface area contributed by atoms with Gasteiger partial charge in [0, 0.05) is 33.2 Å². The van der Waals surface area contributed by atoms with Gasteiger partial charge < -0.3 is 14.9 Å². The highest BCUT2D eigenvalue weighted by Crippen LogP contribution is 2.34. The molecular formula is C17H24N4O3S2. The maximum absolute atomic E-state index is 12.8. The Morgan fingerprint density at radius 2 is 2.00 bits per heavy atom.